The number of piperidine rings is 1. The standard InChI is InChI=1S/C16H24N4O.C13H16.C10H15N/c1-11-8-12(9-14-15(11)19(2)7-5-18-14)16(21)20-6-3-4-13(17)10-20;1-4-7-11(2)10-13-9-6-5-8-12(13)3;1-3-9(2)7-10-5-4-6-11-8-10/h8-9,13,18H,3-7,10,17H2,1-2H3;4-10H,1-3H3;4-6,8-9H,3,7H2,1-2H3/b;7-4-,11-10+;. The Morgan fingerprint density at radius 3 is 2.58 bits per heavy atom. The van der Waals surface area contributed by atoms with Crippen LogP contribution in [0.15, 0.2) is 78.6 Å². The number of allylic oxidation sites excluding steroid dienone is 3. The van der Waals surface area contributed by atoms with E-state index in [1.165, 1.54) is 34.4 Å². The van der Waals surface area contributed by atoms with Crippen LogP contribution in [0.1, 0.15) is 79.6 Å². The van der Waals surface area contributed by atoms with E-state index in [4.69, 9.17) is 5.73 Å². The summed E-state index contributed by atoms with van der Waals surface area (Å²) in [5.74, 6) is 0.880. The minimum Gasteiger partial charge on any atom is -0.382 e. The largest absolute Gasteiger partial charge is 0.382 e. The van der Waals surface area contributed by atoms with Gasteiger partial charge >= 0.3 is 0 Å². The van der Waals surface area contributed by atoms with Gasteiger partial charge in [-0.05, 0) is 93.3 Å². The first-order valence-electron chi connectivity index (χ1n) is 16.5. The summed E-state index contributed by atoms with van der Waals surface area (Å²) in [7, 11) is 2.10. The summed E-state index contributed by atoms with van der Waals surface area (Å²) < 4.78 is 0. The number of pyridine rings is 1. The van der Waals surface area contributed by atoms with Gasteiger partial charge in [-0.25, -0.2) is 0 Å². The van der Waals surface area contributed by atoms with Crippen molar-refractivity contribution >= 4 is 23.4 Å². The van der Waals surface area contributed by atoms with Crippen LogP contribution in [-0.4, -0.2) is 55.1 Å². The number of likely N-dealkylation sites (N-methyl/N-ethyl adjacent to an activating group) is 1. The molecule has 45 heavy (non-hydrogen) atoms. The molecule has 0 spiro atoms. The summed E-state index contributed by atoms with van der Waals surface area (Å²) in [5.41, 5.74) is 15.4. The topological polar surface area (TPSA) is 74.5 Å². The number of fused-ring (bicyclic) bond motifs is 1. The molecule has 242 valence electrons. The number of nitrogens with one attached hydrogen (secondary N) is 1. The van der Waals surface area contributed by atoms with E-state index in [0.29, 0.717) is 6.54 Å². The zero-order chi connectivity index (χ0) is 32.8. The summed E-state index contributed by atoms with van der Waals surface area (Å²) in [4.78, 5) is 20.9. The molecular formula is C39H55N5O. The quantitative estimate of drug-likeness (QED) is 0.277. The predicted molar refractivity (Wildman–Crippen MR) is 193 cm³/mol. The molecule has 2 aromatic carbocycles. The zero-order valence-electron chi connectivity index (χ0n) is 28.6. The van der Waals surface area contributed by atoms with Gasteiger partial charge in [0, 0.05) is 57.2 Å². The van der Waals surface area contributed by atoms with Gasteiger partial charge in [0.05, 0.1) is 11.4 Å². The minimum absolute atomic E-state index is 0.103. The maximum atomic E-state index is 12.7. The highest BCUT2D eigenvalue weighted by Crippen LogP contribution is 2.33. The van der Waals surface area contributed by atoms with Crippen molar-refractivity contribution < 1.29 is 4.79 Å². The SMILES string of the molecule is C/C=C\C(C)=C\c1ccccc1C.CCC(C)Cc1cccnc1.Cc1cc(C(=O)N2CCCC(N)C2)cc2c1N(C)CCN2. The minimum atomic E-state index is 0.103. The number of hydrogen-bond donors (Lipinski definition) is 2. The van der Waals surface area contributed by atoms with Crippen LogP contribution >= 0.6 is 0 Å². The molecule has 1 amide bonds. The second-order valence-electron chi connectivity index (χ2n) is 12.5. The van der Waals surface area contributed by atoms with Crippen molar-refractivity contribution in [3.63, 3.8) is 0 Å². The number of hydrogen-bond acceptors (Lipinski definition) is 5. The number of nitrogens with two attached hydrogens (primary N) is 1. The predicted octanol–water partition coefficient (Wildman–Crippen LogP) is 8.06. The Bertz CT molecular complexity index is 1410. The average Bonchev–Trinajstić information content (AvgIpc) is 3.03. The van der Waals surface area contributed by atoms with Crippen LogP contribution < -0.4 is 16.0 Å². The zero-order valence-corrected chi connectivity index (χ0v) is 28.6. The Morgan fingerprint density at radius 1 is 1.13 bits per heavy atom. The van der Waals surface area contributed by atoms with Crippen LogP contribution in [0.4, 0.5) is 11.4 Å². The van der Waals surface area contributed by atoms with E-state index in [9.17, 15) is 4.79 Å². The first-order valence-corrected chi connectivity index (χ1v) is 16.5. The van der Waals surface area contributed by atoms with E-state index in [2.05, 4.69) is 105 Å². The van der Waals surface area contributed by atoms with Gasteiger partial charge in [0.25, 0.3) is 5.91 Å². The van der Waals surface area contributed by atoms with E-state index in [1.807, 2.05) is 42.4 Å². The van der Waals surface area contributed by atoms with Crippen LogP contribution in [0.3, 0.4) is 0 Å². The van der Waals surface area contributed by atoms with Crippen LogP contribution in [0.2, 0.25) is 0 Å². The second kappa shape index (κ2) is 18.2. The average molecular weight is 610 g/mol. The Morgan fingerprint density at radius 2 is 1.91 bits per heavy atom. The molecule has 5 rings (SSSR count). The molecule has 2 atom stereocenters. The van der Waals surface area contributed by atoms with E-state index in [-0.39, 0.29) is 11.9 Å². The third kappa shape index (κ3) is 11.2. The molecule has 0 aliphatic carbocycles. The Labute approximate surface area is 272 Å². The summed E-state index contributed by atoms with van der Waals surface area (Å²) in [6, 6.07) is 16.7. The van der Waals surface area contributed by atoms with Gasteiger partial charge in [-0.15, -0.1) is 0 Å². The van der Waals surface area contributed by atoms with Crippen molar-refractivity contribution in [3.05, 3.63) is 106 Å². The molecule has 6 heteroatoms. The van der Waals surface area contributed by atoms with Crippen molar-refractivity contribution in [1.29, 1.82) is 0 Å². The number of amides is 1. The van der Waals surface area contributed by atoms with Gasteiger partial charge in [-0.3, -0.25) is 9.78 Å². The molecule has 0 saturated carbocycles. The normalized spacial score (nSPS) is 16.9. The van der Waals surface area contributed by atoms with E-state index in [1.54, 1.807) is 0 Å². The third-order valence-corrected chi connectivity index (χ3v) is 8.44. The highest BCUT2D eigenvalue weighted by Gasteiger charge is 2.25. The fourth-order valence-electron chi connectivity index (χ4n) is 5.76. The number of benzene rings is 2. The first kappa shape index (κ1) is 35.6. The van der Waals surface area contributed by atoms with Crippen molar-refractivity contribution in [2.45, 2.75) is 73.3 Å². The number of aromatic nitrogens is 1. The smallest absolute Gasteiger partial charge is 0.253 e. The highest BCUT2D eigenvalue weighted by molar-refractivity contribution is 5.97. The first-order chi connectivity index (χ1) is 21.6. The summed E-state index contributed by atoms with van der Waals surface area (Å²) in [6.45, 7) is 16.2. The molecule has 3 aromatic rings. The molecular weight excluding hydrogens is 554 g/mol. The van der Waals surface area contributed by atoms with E-state index < -0.39 is 0 Å². The van der Waals surface area contributed by atoms with Crippen molar-refractivity contribution in [2.24, 2.45) is 11.7 Å². The fraction of sp³-hybridized carbons (Fsp3) is 0.436. The molecule has 6 nitrogen and oxygen atoms in total. The monoisotopic (exact) mass is 609 g/mol. The van der Waals surface area contributed by atoms with Gasteiger partial charge < -0.3 is 20.9 Å². The fourth-order valence-corrected chi connectivity index (χ4v) is 5.76. The molecule has 0 radical (unpaired) electrons. The number of rotatable bonds is 6. The number of aryl methyl sites for hydroxylation is 2. The number of carbonyl (C=O) groups excluding carboxylic acids is 1. The lowest BCUT2D eigenvalue weighted by molar-refractivity contribution is 0.0709. The third-order valence-electron chi connectivity index (χ3n) is 8.44. The van der Waals surface area contributed by atoms with E-state index >= 15 is 0 Å². The molecule has 1 fully saturated rings. The highest BCUT2D eigenvalue weighted by atomic mass is 16.2. The summed E-state index contributed by atoms with van der Waals surface area (Å²) in [6.07, 6.45) is 14.6. The van der Waals surface area contributed by atoms with Crippen molar-refractivity contribution in [3.8, 4) is 0 Å². The van der Waals surface area contributed by atoms with Crippen LogP contribution in [0.5, 0.6) is 0 Å². The maximum Gasteiger partial charge on any atom is 0.253 e. The second-order valence-corrected chi connectivity index (χ2v) is 12.5. The Kier molecular flexibility index (Phi) is 14.4. The number of likely N-dealkylation sites (tertiary alicyclic amines) is 1. The lowest BCUT2D eigenvalue weighted by Crippen LogP contribution is -2.45. The molecule has 2 aliphatic heterocycles. The van der Waals surface area contributed by atoms with Crippen LogP contribution in [0, 0.1) is 19.8 Å². The molecule has 2 aliphatic rings. The van der Waals surface area contributed by atoms with Gasteiger partial charge in [-0.1, -0.05) is 74.4 Å². The van der Waals surface area contributed by atoms with Crippen LogP contribution in [-0.2, 0) is 6.42 Å². The van der Waals surface area contributed by atoms with Gasteiger partial charge in [0.1, 0.15) is 0 Å². The Hall–Kier alpha value is -3.90. The van der Waals surface area contributed by atoms with Crippen molar-refractivity contribution in [1.82, 2.24) is 9.88 Å². The lowest BCUT2D eigenvalue weighted by Gasteiger charge is -2.33. The van der Waals surface area contributed by atoms with Crippen molar-refractivity contribution in [2.75, 3.05) is 43.4 Å². The Balaban J connectivity index is 0.000000198. The molecule has 3 N–H and O–H groups in total. The lowest BCUT2D eigenvalue weighted by atomic mass is 10.0. The number of nitrogens with zero attached hydrogens (tertiary/aromatic N) is 3. The molecule has 0 bridgehead atoms. The maximum absolute atomic E-state index is 12.7. The molecule has 2 unspecified atom stereocenters. The molecule has 1 aromatic heterocycles. The van der Waals surface area contributed by atoms with E-state index in [0.717, 1.165) is 61.6 Å². The van der Waals surface area contributed by atoms with Gasteiger partial charge in [-0.2, -0.15) is 0 Å². The summed E-state index contributed by atoms with van der Waals surface area (Å²) in [5, 5.41) is 3.40. The van der Waals surface area contributed by atoms with Gasteiger partial charge in [0.15, 0.2) is 0 Å². The van der Waals surface area contributed by atoms with Gasteiger partial charge in [0.2, 0.25) is 0 Å². The molecule has 3 heterocycles. The molecule has 1 saturated heterocycles. The van der Waals surface area contributed by atoms with Crippen LogP contribution in [0.25, 0.3) is 6.08 Å². The summed E-state index contributed by atoms with van der Waals surface area (Å²) >= 11 is 0. The number of anilines is 2. The number of carbonyl (C=O) groups is 1.